The maximum atomic E-state index is 13.1. The van der Waals surface area contributed by atoms with Crippen LogP contribution in [0, 0.1) is 12.3 Å². The maximum absolute atomic E-state index is 13.1. The van der Waals surface area contributed by atoms with E-state index < -0.39 is 17.5 Å². The number of aliphatic hydroxyl groups excluding tert-OH is 1. The van der Waals surface area contributed by atoms with Gasteiger partial charge in [-0.1, -0.05) is 30.3 Å². The van der Waals surface area contributed by atoms with E-state index in [1.807, 2.05) is 44.4 Å². The van der Waals surface area contributed by atoms with E-state index in [1.165, 1.54) is 11.1 Å². The molecule has 154 valence electrons. The zero-order chi connectivity index (χ0) is 21.2. The number of carbonyl (C=O) groups is 2. The van der Waals surface area contributed by atoms with Crippen LogP contribution in [0.5, 0.6) is 0 Å². The molecular weight excluding hydrogens is 372 g/mol. The van der Waals surface area contributed by atoms with E-state index >= 15 is 0 Å². The zero-order valence-corrected chi connectivity index (χ0v) is 16.9. The normalized spacial score (nSPS) is 21.7. The smallest absolute Gasteiger partial charge is 0.314 e. The lowest BCUT2D eigenvalue weighted by molar-refractivity contribution is -0.161. The van der Waals surface area contributed by atoms with Gasteiger partial charge in [0, 0.05) is 33.4 Å². The number of benzene rings is 1. The second-order valence-corrected chi connectivity index (χ2v) is 7.72. The number of aryl methyl sites for hydroxylation is 1. The summed E-state index contributed by atoms with van der Waals surface area (Å²) in [5.74, 6) is -0.933. The fraction of sp³-hybridized carbons (Fsp3) is 0.429. The van der Waals surface area contributed by atoms with E-state index in [4.69, 9.17) is 0 Å². The van der Waals surface area contributed by atoms with Gasteiger partial charge in [-0.25, -0.2) is 9.97 Å². The lowest BCUT2D eigenvalue weighted by atomic mass is 9.72. The van der Waals surface area contributed by atoms with Gasteiger partial charge >= 0.3 is 5.97 Å². The molecule has 0 aliphatic carbocycles. The number of carboxylic acids is 1. The molecule has 2 N–H and O–H groups in total. The molecule has 8 heteroatoms. The molecule has 2 aromatic rings. The number of rotatable bonds is 5. The third-order valence-electron chi connectivity index (χ3n) is 5.46. The molecule has 0 unspecified atom stereocenters. The summed E-state index contributed by atoms with van der Waals surface area (Å²) in [5.41, 5.74) is 0.209. The average Bonchev–Trinajstić information content (AvgIpc) is 2.69. The van der Waals surface area contributed by atoms with Crippen molar-refractivity contribution in [3.8, 4) is 0 Å². The molecule has 0 radical (unpaired) electrons. The monoisotopic (exact) mass is 398 g/mol. The summed E-state index contributed by atoms with van der Waals surface area (Å²) in [6.07, 6.45) is 0.770. The summed E-state index contributed by atoms with van der Waals surface area (Å²) in [7, 11) is 3.63. The molecule has 1 amide bonds. The Kier molecular flexibility index (Phi) is 5.83. The first-order valence-corrected chi connectivity index (χ1v) is 9.50. The Labute approximate surface area is 169 Å². The number of aliphatic carboxylic acids is 1. The van der Waals surface area contributed by atoms with Crippen LogP contribution in [0.2, 0.25) is 0 Å². The van der Waals surface area contributed by atoms with Crippen LogP contribution < -0.4 is 4.90 Å². The highest BCUT2D eigenvalue weighted by Crippen LogP contribution is 2.35. The van der Waals surface area contributed by atoms with Crippen LogP contribution in [0.15, 0.2) is 36.5 Å². The molecular formula is C21H26N4O4. The summed E-state index contributed by atoms with van der Waals surface area (Å²) >= 11 is 0. The first kappa shape index (κ1) is 20.7. The van der Waals surface area contributed by atoms with E-state index in [9.17, 15) is 19.8 Å². The van der Waals surface area contributed by atoms with Gasteiger partial charge in [-0.2, -0.15) is 0 Å². The molecule has 8 nitrogen and oxygen atoms in total. The minimum absolute atomic E-state index is 0.0773. The quantitative estimate of drug-likeness (QED) is 0.783. The second kappa shape index (κ2) is 8.16. The lowest BCUT2D eigenvalue weighted by Crippen LogP contribution is -2.58. The van der Waals surface area contributed by atoms with Crippen molar-refractivity contribution >= 4 is 17.8 Å². The number of nitrogens with zero attached hydrogens (tertiary/aromatic N) is 4. The molecule has 1 fully saturated rings. The number of hydrogen-bond donors (Lipinski definition) is 2. The lowest BCUT2D eigenvalue weighted by Gasteiger charge is -2.43. The van der Waals surface area contributed by atoms with Crippen LogP contribution >= 0.6 is 0 Å². The molecule has 3 rings (SSSR count). The Bertz CT molecular complexity index is 903. The van der Waals surface area contributed by atoms with Gasteiger partial charge in [0.1, 0.15) is 5.41 Å². The third-order valence-corrected chi connectivity index (χ3v) is 5.46. The fourth-order valence-electron chi connectivity index (χ4n) is 3.72. The molecule has 0 saturated carbocycles. The van der Waals surface area contributed by atoms with Crippen LogP contribution in [0.4, 0.5) is 5.95 Å². The molecule has 1 saturated heterocycles. The Morgan fingerprint density at radius 1 is 1.28 bits per heavy atom. The van der Waals surface area contributed by atoms with Crippen LogP contribution in [0.1, 0.15) is 28.0 Å². The number of hydrogen-bond acceptors (Lipinski definition) is 6. The van der Waals surface area contributed by atoms with E-state index in [0.29, 0.717) is 17.2 Å². The topological polar surface area (TPSA) is 107 Å². The molecule has 0 bridgehead atoms. The maximum Gasteiger partial charge on any atom is 0.314 e. The van der Waals surface area contributed by atoms with Crippen molar-refractivity contribution in [3.63, 3.8) is 0 Å². The summed E-state index contributed by atoms with van der Waals surface area (Å²) in [6.45, 7) is 1.93. The number of aliphatic hydroxyl groups is 1. The van der Waals surface area contributed by atoms with Gasteiger partial charge in [-0.05, 0) is 25.3 Å². The van der Waals surface area contributed by atoms with Crippen molar-refractivity contribution < 1.29 is 19.8 Å². The first-order valence-electron chi connectivity index (χ1n) is 9.50. The molecule has 1 aromatic carbocycles. The minimum Gasteiger partial charge on any atom is -0.481 e. The Balaban J connectivity index is 1.89. The largest absolute Gasteiger partial charge is 0.481 e. The highest BCUT2D eigenvalue weighted by atomic mass is 16.4. The van der Waals surface area contributed by atoms with Crippen molar-refractivity contribution in [2.24, 2.45) is 5.41 Å². The Morgan fingerprint density at radius 2 is 1.97 bits per heavy atom. The molecule has 0 spiro atoms. The highest BCUT2D eigenvalue weighted by molar-refractivity contribution is 5.95. The summed E-state index contributed by atoms with van der Waals surface area (Å²) < 4.78 is 0. The minimum atomic E-state index is -1.46. The molecule has 2 heterocycles. The Hall–Kier alpha value is -3.00. The number of carboxylic acid groups (broad SMARTS) is 1. The van der Waals surface area contributed by atoms with Crippen LogP contribution in [0.3, 0.4) is 0 Å². The number of likely N-dealkylation sites (tertiary alicyclic amines) is 1. The predicted octanol–water partition coefficient (Wildman–Crippen LogP) is 1.37. The summed E-state index contributed by atoms with van der Waals surface area (Å²) in [5, 5.41) is 20.6. The van der Waals surface area contributed by atoms with E-state index in [-0.39, 0.29) is 31.8 Å². The van der Waals surface area contributed by atoms with Gasteiger partial charge in [-0.3, -0.25) is 9.59 Å². The van der Waals surface area contributed by atoms with E-state index in [0.717, 1.165) is 5.56 Å². The number of amides is 1. The third kappa shape index (κ3) is 4.07. The number of piperidine rings is 1. The van der Waals surface area contributed by atoms with Crippen molar-refractivity contribution in [1.29, 1.82) is 0 Å². The van der Waals surface area contributed by atoms with Gasteiger partial charge in [0.05, 0.1) is 17.4 Å². The van der Waals surface area contributed by atoms with Gasteiger partial charge in [-0.15, -0.1) is 0 Å². The van der Waals surface area contributed by atoms with E-state index in [2.05, 4.69) is 9.97 Å². The summed E-state index contributed by atoms with van der Waals surface area (Å²) in [6, 6.07) is 9.17. The van der Waals surface area contributed by atoms with Crippen LogP contribution in [0.25, 0.3) is 0 Å². The predicted molar refractivity (Wildman–Crippen MR) is 108 cm³/mol. The van der Waals surface area contributed by atoms with Crippen molar-refractivity contribution in [1.82, 2.24) is 14.9 Å². The zero-order valence-electron chi connectivity index (χ0n) is 16.9. The second-order valence-electron chi connectivity index (χ2n) is 7.72. The average molecular weight is 398 g/mol. The molecule has 1 aromatic heterocycles. The first-order chi connectivity index (χ1) is 13.7. The number of carbonyl (C=O) groups excluding carboxylic acids is 1. The van der Waals surface area contributed by atoms with Crippen molar-refractivity contribution in [3.05, 3.63) is 53.3 Å². The van der Waals surface area contributed by atoms with Gasteiger partial charge < -0.3 is 20.0 Å². The van der Waals surface area contributed by atoms with Crippen molar-refractivity contribution in [2.75, 3.05) is 32.1 Å². The van der Waals surface area contributed by atoms with Crippen LogP contribution in [-0.4, -0.2) is 70.2 Å². The van der Waals surface area contributed by atoms with E-state index in [1.54, 1.807) is 11.8 Å². The molecule has 29 heavy (non-hydrogen) atoms. The van der Waals surface area contributed by atoms with Gasteiger partial charge in [0.2, 0.25) is 5.95 Å². The fourth-order valence-corrected chi connectivity index (χ4v) is 3.72. The molecule has 1 aliphatic rings. The van der Waals surface area contributed by atoms with Crippen LogP contribution in [-0.2, 0) is 11.2 Å². The van der Waals surface area contributed by atoms with Crippen molar-refractivity contribution in [2.45, 2.75) is 25.9 Å². The standard InChI is InChI=1S/C21H26N4O4/c1-14-16(12-22-20(23-14)24(2)3)18(27)25-10-9-17(26)21(13-25,19(28)29)11-15-7-5-4-6-8-15/h4-8,12,17,26H,9-11,13H2,1-3H3,(H,28,29)/t17-,21+/m0/s1. The summed E-state index contributed by atoms with van der Waals surface area (Å²) in [4.78, 5) is 37.2. The van der Waals surface area contributed by atoms with Gasteiger partial charge in [0.25, 0.3) is 5.91 Å². The SMILES string of the molecule is Cc1nc(N(C)C)ncc1C(=O)N1CC[C@H](O)[C@](Cc2ccccc2)(C(=O)O)C1. The van der Waals surface area contributed by atoms with Gasteiger partial charge in [0.15, 0.2) is 0 Å². The molecule has 1 aliphatic heterocycles. The molecule has 2 atom stereocenters. The number of aromatic nitrogens is 2. The number of anilines is 1. The Morgan fingerprint density at radius 3 is 2.55 bits per heavy atom. The highest BCUT2D eigenvalue weighted by Gasteiger charge is 2.50.